The fourth-order valence-electron chi connectivity index (χ4n) is 3.04. The van der Waals surface area contributed by atoms with Crippen molar-refractivity contribution in [2.75, 3.05) is 19.0 Å². The van der Waals surface area contributed by atoms with Gasteiger partial charge >= 0.3 is 11.8 Å². The molecule has 1 saturated carbocycles. The van der Waals surface area contributed by atoms with Crippen molar-refractivity contribution in [3.63, 3.8) is 0 Å². The summed E-state index contributed by atoms with van der Waals surface area (Å²) < 4.78 is 10.6. The van der Waals surface area contributed by atoms with E-state index in [1.54, 1.807) is 38.2 Å². The van der Waals surface area contributed by atoms with Gasteiger partial charge in [-0.15, -0.1) is 0 Å². The van der Waals surface area contributed by atoms with Gasteiger partial charge in [0.05, 0.1) is 24.4 Å². The Balaban J connectivity index is 1.56. The van der Waals surface area contributed by atoms with Crippen LogP contribution in [0.15, 0.2) is 35.2 Å². The maximum absolute atomic E-state index is 12.3. The van der Waals surface area contributed by atoms with Gasteiger partial charge in [0.2, 0.25) is 5.91 Å². The minimum absolute atomic E-state index is 0.00744. The molecule has 0 spiro atoms. The highest BCUT2D eigenvalue weighted by molar-refractivity contribution is 6.39. The Hall–Kier alpha value is -3.36. The number of nitrogens with one attached hydrogen (secondary N) is 3. The SMILES string of the molecule is COc1cc(NC(=O)C(=O)NC(C)(C)CNC(=O)C2CCC2)ccc1-c1cnco1. The number of rotatable bonds is 7. The Bertz CT molecular complexity index is 919. The van der Waals surface area contributed by atoms with Gasteiger partial charge in [-0.25, -0.2) is 4.98 Å². The molecule has 0 bridgehead atoms. The minimum atomic E-state index is -0.817. The van der Waals surface area contributed by atoms with Gasteiger partial charge < -0.3 is 25.1 Å². The molecule has 30 heavy (non-hydrogen) atoms. The molecule has 1 aromatic heterocycles. The molecule has 3 N–H and O–H groups in total. The Kier molecular flexibility index (Phi) is 6.39. The van der Waals surface area contributed by atoms with Crippen LogP contribution < -0.4 is 20.7 Å². The van der Waals surface area contributed by atoms with Gasteiger partial charge in [0.1, 0.15) is 5.75 Å². The number of amides is 3. The lowest BCUT2D eigenvalue weighted by molar-refractivity contribution is -0.137. The Morgan fingerprint density at radius 3 is 2.60 bits per heavy atom. The number of hydrogen-bond donors (Lipinski definition) is 3. The van der Waals surface area contributed by atoms with Crippen LogP contribution >= 0.6 is 0 Å². The van der Waals surface area contributed by atoms with Gasteiger partial charge in [-0.3, -0.25) is 14.4 Å². The molecular formula is C21H26N4O5. The third-order valence-electron chi connectivity index (χ3n) is 5.00. The first kappa shape index (κ1) is 21.4. The van der Waals surface area contributed by atoms with Gasteiger partial charge in [0.15, 0.2) is 12.2 Å². The number of hydrogen-bond acceptors (Lipinski definition) is 6. The lowest BCUT2D eigenvalue weighted by Crippen LogP contribution is -2.54. The lowest BCUT2D eigenvalue weighted by Gasteiger charge is -2.29. The molecule has 1 aliphatic carbocycles. The van der Waals surface area contributed by atoms with Crippen LogP contribution in [0.2, 0.25) is 0 Å². The molecule has 3 amide bonds. The zero-order valence-corrected chi connectivity index (χ0v) is 17.3. The normalized spacial score (nSPS) is 13.8. The first-order valence-corrected chi connectivity index (χ1v) is 9.77. The molecule has 9 heteroatoms. The smallest absolute Gasteiger partial charge is 0.313 e. The monoisotopic (exact) mass is 414 g/mol. The van der Waals surface area contributed by atoms with Gasteiger partial charge in [-0.1, -0.05) is 6.42 Å². The molecule has 3 rings (SSSR count). The highest BCUT2D eigenvalue weighted by Gasteiger charge is 2.29. The first-order valence-electron chi connectivity index (χ1n) is 9.77. The van der Waals surface area contributed by atoms with E-state index in [-0.39, 0.29) is 18.4 Å². The Morgan fingerprint density at radius 1 is 1.23 bits per heavy atom. The summed E-state index contributed by atoms with van der Waals surface area (Å²) in [7, 11) is 1.49. The van der Waals surface area contributed by atoms with Crippen LogP contribution in [0.1, 0.15) is 33.1 Å². The van der Waals surface area contributed by atoms with E-state index in [9.17, 15) is 14.4 Å². The molecule has 1 aromatic carbocycles. The van der Waals surface area contributed by atoms with Crippen molar-refractivity contribution in [3.05, 3.63) is 30.8 Å². The second-order valence-electron chi connectivity index (χ2n) is 7.92. The summed E-state index contributed by atoms with van der Waals surface area (Å²) in [6.07, 6.45) is 5.74. The van der Waals surface area contributed by atoms with Crippen LogP contribution in [0, 0.1) is 5.92 Å². The van der Waals surface area contributed by atoms with Crippen LogP contribution in [0.5, 0.6) is 5.75 Å². The molecule has 0 atom stereocenters. The third-order valence-corrected chi connectivity index (χ3v) is 5.00. The summed E-state index contributed by atoms with van der Waals surface area (Å²) in [5, 5.41) is 8.03. The predicted octanol–water partition coefficient (Wildman–Crippen LogP) is 2.10. The number of anilines is 1. The third kappa shape index (κ3) is 5.16. The highest BCUT2D eigenvalue weighted by atomic mass is 16.5. The number of carbonyl (C=O) groups excluding carboxylic acids is 3. The summed E-state index contributed by atoms with van der Waals surface area (Å²) >= 11 is 0. The van der Waals surface area contributed by atoms with E-state index in [0.717, 1.165) is 19.3 Å². The molecule has 1 fully saturated rings. The van der Waals surface area contributed by atoms with Crippen molar-refractivity contribution in [2.24, 2.45) is 5.92 Å². The Morgan fingerprint density at radius 2 is 2.00 bits per heavy atom. The molecular weight excluding hydrogens is 388 g/mol. The highest BCUT2D eigenvalue weighted by Crippen LogP contribution is 2.32. The van der Waals surface area contributed by atoms with Gasteiger partial charge in [0.25, 0.3) is 0 Å². The van der Waals surface area contributed by atoms with Crippen molar-refractivity contribution < 1.29 is 23.5 Å². The topological polar surface area (TPSA) is 123 Å². The fourth-order valence-corrected chi connectivity index (χ4v) is 3.04. The summed E-state index contributed by atoms with van der Waals surface area (Å²) in [6.45, 7) is 3.73. The molecule has 160 valence electrons. The number of benzene rings is 1. The molecule has 0 radical (unpaired) electrons. The molecule has 1 heterocycles. The Labute approximate surface area is 174 Å². The molecule has 0 aliphatic heterocycles. The minimum Gasteiger partial charge on any atom is -0.496 e. The van der Waals surface area contributed by atoms with Crippen LogP contribution in [0.4, 0.5) is 5.69 Å². The number of oxazole rings is 1. The van der Waals surface area contributed by atoms with E-state index in [1.165, 1.54) is 13.5 Å². The van der Waals surface area contributed by atoms with E-state index in [2.05, 4.69) is 20.9 Å². The number of carbonyl (C=O) groups is 3. The van der Waals surface area contributed by atoms with E-state index >= 15 is 0 Å². The number of methoxy groups -OCH3 is 1. The zero-order chi connectivity index (χ0) is 21.7. The van der Waals surface area contributed by atoms with Crippen LogP contribution in [-0.2, 0) is 14.4 Å². The van der Waals surface area contributed by atoms with Crippen molar-refractivity contribution in [3.8, 4) is 17.1 Å². The fraction of sp³-hybridized carbons (Fsp3) is 0.429. The van der Waals surface area contributed by atoms with Crippen LogP contribution in [-0.4, -0.2) is 41.9 Å². The number of ether oxygens (including phenoxy) is 1. The number of aromatic nitrogens is 1. The van der Waals surface area contributed by atoms with Crippen LogP contribution in [0.25, 0.3) is 11.3 Å². The van der Waals surface area contributed by atoms with Gasteiger partial charge in [-0.2, -0.15) is 0 Å². The van der Waals surface area contributed by atoms with E-state index in [4.69, 9.17) is 9.15 Å². The van der Waals surface area contributed by atoms with Crippen molar-refractivity contribution in [1.82, 2.24) is 15.6 Å². The molecule has 2 aromatic rings. The molecule has 0 saturated heterocycles. The second kappa shape index (κ2) is 8.98. The average molecular weight is 414 g/mol. The quantitative estimate of drug-likeness (QED) is 0.597. The average Bonchev–Trinajstić information content (AvgIpc) is 3.19. The summed E-state index contributed by atoms with van der Waals surface area (Å²) in [4.78, 5) is 40.5. The predicted molar refractivity (Wildman–Crippen MR) is 110 cm³/mol. The van der Waals surface area contributed by atoms with Gasteiger partial charge in [-0.05, 0) is 38.8 Å². The standard InChI is InChI=1S/C21H26N4O5/c1-21(2,11-23-18(26)13-5-4-6-13)25-20(28)19(27)24-14-7-8-15(16(9-14)29-3)17-10-22-12-30-17/h7-10,12-13H,4-6,11H2,1-3H3,(H,23,26)(H,24,27)(H,25,28). The van der Waals surface area contributed by atoms with E-state index < -0.39 is 17.4 Å². The first-order chi connectivity index (χ1) is 14.3. The maximum Gasteiger partial charge on any atom is 0.313 e. The zero-order valence-electron chi connectivity index (χ0n) is 17.3. The van der Waals surface area contributed by atoms with Crippen molar-refractivity contribution >= 4 is 23.4 Å². The summed E-state index contributed by atoms with van der Waals surface area (Å²) in [5.41, 5.74) is 0.286. The van der Waals surface area contributed by atoms with Gasteiger partial charge in [0, 0.05) is 24.2 Å². The van der Waals surface area contributed by atoms with E-state index in [1.807, 2.05) is 0 Å². The van der Waals surface area contributed by atoms with Crippen LogP contribution in [0.3, 0.4) is 0 Å². The van der Waals surface area contributed by atoms with E-state index in [0.29, 0.717) is 22.8 Å². The molecule has 0 unspecified atom stereocenters. The number of nitrogens with zero attached hydrogens (tertiary/aromatic N) is 1. The maximum atomic E-state index is 12.3. The van der Waals surface area contributed by atoms with Crippen molar-refractivity contribution in [2.45, 2.75) is 38.6 Å². The summed E-state index contributed by atoms with van der Waals surface area (Å²) in [5.74, 6) is -0.571. The van der Waals surface area contributed by atoms with Crippen molar-refractivity contribution in [1.29, 1.82) is 0 Å². The molecule has 9 nitrogen and oxygen atoms in total. The lowest BCUT2D eigenvalue weighted by atomic mass is 9.84. The molecule has 1 aliphatic rings. The largest absolute Gasteiger partial charge is 0.496 e. The second-order valence-corrected chi connectivity index (χ2v) is 7.92. The summed E-state index contributed by atoms with van der Waals surface area (Å²) in [6, 6.07) is 4.93.